The van der Waals surface area contributed by atoms with Crippen LogP contribution in [0.4, 0.5) is 10.1 Å². The number of aromatic nitrogens is 2. The number of nitro groups is 1. The number of carbonyl (C=O) groups is 1. The highest BCUT2D eigenvalue weighted by Gasteiger charge is 2.29. The molecule has 0 radical (unpaired) electrons. The molecule has 1 aromatic heterocycles. The SMILES string of the molecule is CCC(C(=O)N1CCN(Cc2ccccc2F)CC1)n1cc([N+](=O)[O-])cn1. The van der Waals surface area contributed by atoms with Crippen molar-refractivity contribution in [2.75, 3.05) is 26.2 Å². The summed E-state index contributed by atoms with van der Waals surface area (Å²) in [4.78, 5) is 27.0. The van der Waals surface area contributed by atoms with Crippen LogP contribution in [0.5, 0.6) is 0 Å². The Morgan fingerprint density at radius 1 is 1.30 bits per heavy atom. The first-order valence-corrected chi connectivity index (χ1v) is 8.92. The highest BCUT2D eigenvalue weighted by molar-refractivity contribution is 5.80. The van der Waals surface area contributed by atoms with E-state index in [0.29, 0.717) is 44.7 Å². The Morgan fingerprint density at radius 3 is 2.59 bits per heavy atom. The van der Waals surface area contributed by atoms with Gasteiger partial charge in [0.2, 0.25) is 5.91 Å². The lowest BCUT2D eigenvalue weighted by molar-refractivity contribution is -0.385. The van der Waals surface area contributed by atoms with Crippen LogP contribution in [-0.4, -0.2) is 56.6 Å². The van der Waals surface area contributed by atoms with Crippen molar-refractivity contribution < 1.29 is 14.1 Å². The molecule has 1 atom stereocenters. The van der Waals surface area contributed by atoms with Crippen molar-refractivity contribution in [1.29, 1.82) is 0 Å². The Balaban J connectivity index is 1.59. The summed E-state index contributed by atoms with van der Waals surface area (Å²) in [5.41, 5.74) is 0.517. The first-order valence-electron chi connectivity index (χ1n) is 8.92. The Bertz CT molecular complexity index is 817. The van der Waals surface area contributed by atoms with Gasteiger partial charge < -0.3 is 4.90 Å². The highest BCUT2D eigenvalue weighted by atomic mass is 19.1. The fraction of sp³-hybridized carbons (Fsp3) is 0.444. The van der Waals surface area contributed by atoms with Gasteiger partial charge in [0.25, 0.3) is 0 Å². The molecule has 0 spiro atoms. The van der Waals surface area contributed by atoms with Crippen molar-refractivity contribution in [2.24, 2.45) is 0 Å². The van der Waals surface area contributed by atoms with E-state index in [2.05, 4.69) is 10.00 Å². The standard InChI is InChI=1S/C18H22FN5O3/c1-2-17(23-13-15(11-20-23)24(26)27)18(25)22-9-7-21(8-10-22)12-14-5-3-4-6-16(14)19/h3-6,11,13,17H,2,7-10,12H2,1H3. The summed E-state index contributed by atoms with van der Waals surface area (Å²) in [5, 5.41) is 14.8. The van der Waals surface area contributed by atoms with Crippen LogP contribution < -0.4 is 0 Å². The van der Waals surface area contributed by atoms with E-state index >= 15 is 0 Å². The third-order valence-electron chi connectivity index (χ3n) is 4.83. The highest BCUT2D eigenvalue weighted by Crippen LogP contribution is 2.20. The van der Waals surface area contributed by atoms with Crippen molar-refractivity contribution in [1.82, 2.24) is 19.6 Å². The lowest BCUT2D eigenvalue weighted by atomic mass is 10.1. The van der Waals surface area contributed by atoms with E-state index in [-0.39, 0.29) is 17.4 Å². The van der Waals surface area contributed by atoms with Crippen LogP contribution in [0.3, 0.4) is 0 Å². The summed E-state index contributed by atoms with van der Waals surface area (Å²) < 4.78 is 15.2. The molecule has 1 aliphatic rings. The van der Waals surface area contributed by atoms with E-state index in [1.165, 1.54) is 16.9 Å². The molecule has 0 N–H and O–H groups in total. The van der Waals surface area contributed by atoms with Crippen molar-refractivity contribution >= 4 is 11.6 Å². The Labute approximate surface area is 156 Å². The van der Waals surface area contributed by atoms with Crippen molar-refractivity contribution in [3.63, 3.8) is 0 Å². The molecule has 8 nitrogen and oxygen atoms in total. The van der Waals surface area contributed by atoms with Crippen LogP contribution >= 0.6 is 0 Å². The Hall–Kier alpha value is -2.81. The van der Waals surface area contributed by atoms with Crippen molar-refractivity contribution in [2.45, 2.75) is 25.9 Å². The predicted molar refractivity (Wildman–Crippen MR) is 96.5 cm³/mol. The molecule has 144 valence electrons. The zero-order chi connectivity index (χ0) is 19.4. The maximum absolute atomic E-state index is 13.8. The topological polar surface area (TPSA) is 84.5 Å². The zero-order valence-electron chi connectivity index (χ0n) is 15.1. The van der Waals surface area contributed by atoms with Gasteiger partial charge in [-0.25, -0.2) is 4.39 Å². The van der Waals surface area contributed by atoms with Gasteiger partial charge in [-0.1, -0.05) is 25.1 Å². The van der Waals surface area contributed by atoms with Crippen LogP contribution in [0.2, 0.25) is 0 Å². The molecule has 1 aromatic carbocycles. The smallest absolute Gasteiger partial charge is 0.307 e. The average Bonchev–Trinajstić information content (AvgIpc) is 3.15. The van der Waals surface area contributed by atoms with Crippen molar-refractivity contribution in [3.05, 3.63) is 58.2 Å². The monoisotopic (exact) mass is 375 g/mol. The number of amides is 1. The average molecular weight is 375 g/mol. The minimum Gasteiger partial charge on any atom is -0.338 e. The molecule has 1 fully saturated rings. The molecule has 27 heavy (non-hydrogen) atoms. The number of piperazine rings is 1. The van der Waals surface area contributed by atoms with Crippen LogP contribution in [0.1, 0.15) is 24.9 Å². The van der Waals surface area contributed by atoms with E-state index in [1.54, 1.807) is 17.0 Å². The quantitative estimate of drug-likeness (QED) is 0.571. The van der Waals surface area contributed by atoms with Crippen LogP contribution in [0, 0.1) is 15.9 Å². The first kappa shape index (κ1) is 19.0. The molecule has 1 unspecified atom stereocenters. The molecule has 1 saturated heterocycles. The molecule has 1 aliphatic heterocycles. The normalized spacial score (nSPS) is 16.3. The molecular formula is C18H22FN5O3. The lowest BCUT2D eigenvalue weighted by Crippen LogP contribution is -2.50. The molecule has 1 amide bonds. The molecule has 2 aromatic rings. The molecule has 9 heteroatoms. The van der Waals surface area contributed by atoms with Gasteiger partial charge in [0, 0.05) is 38.3 Å². The molecule has 0 aliphatic carbocycles. The van der Waals surface area contributed by atoms with Gasteiger partial charge in [0.05, 0.1) is 4.92 Å². The largest absolute Gasteiger partial charge is 0.338 e. The number of hydrogen-bond acceptors (Lipinski definition) is 5. The Kier molecular flexibility index (Phi) is 5.80. The first-order chi connectivity index (χ1) is 13.0. The van der Waals surface area contributed by atoms with Gasteiger partial charge in [-0.2, -0.15) is 5.10 Å². The summed E-state index contributed by atoms with van der Waals surface area (Å²) in [5.74, 6) is -0.316. The van der Waals surface area contributed by atoms with Gasteiger partial charge in [-0.05, 0) is 12.5 Å². The number of benzene rings is 1. The van der Waals surface area contributed by atoms with Crippen molar-refractivity contribution in [3.8, 4) is 0 Å². The molecule has 0 bridgehead atoms. The van der Waals surface area contributed by atoms with Crippen LogP contribution in [0.15, 0.2) is 36.7 Å². The van der Waals surface area contributed by atoms with Crippen LogP contribution in [0.25, 0.3) is 0 Å². The number of hydrogen-bond donors (Lipinski definition) is 0. The van der Waals surface area contributed by atoms with Gasteiger partial charge in [0.15, 0.2) is 0 Å². The second kappa shape index (κ2) is 8.26. The summed E-state index contributed by atoms with van der Waals surface area (Å²) in [7, 11) is 0. The number of carbonyl (C=O) groups excluding carboxylic acids is 1. The number of halogens is 1. The van der Waals surface area contributed by atoms with E-state index in [0.717, 1.165) is 6.20 Å². The van der Waals surface area contributed by atoms with Gasteiger partial charge in [-0.3, -0.25) is 24.5 Å². The molecule has 2 heterocycles. The van der Waals surface area contributed by atoms with Gasteiger partial charge in [0.1, 0.15) is 24.3 Å². The maximum Gasteiger partial charge on any atom is 0.307 e. The lowest BCUT2D eigenvalue weighted by Gasteiger charge is -2.36. The second-order valence-corrected chi connectivity index (χ2v) is 6.55. The minimum absolute atomic E-state index is 0.0963. The third-order valence-corrected chi connectivity index (χ3v) is 4.83. The van der Waals surface area contributed by atoms with E-state index in [4.69, 9.17) is 0 Å². The maximum atomic E-state index is 13.8. The zero-order valence-corrected chi connectivity index (χ0v) is 15.1. The summed E-state index contributed by atoms with van der Waals surface area (Å²) in [6, 6.07) is 6.14. The summed E-state index contributed by atoms with van der Waals surface area (Å²) in [6.07, 6.45) is 2.94. The van der Waals surface area contributed by atoms with Gasteiger partial charge in [-0.15, -0.1) is 0 Å². The predicted octanol–water partition coefficient (Wildman–Crippen LogP) is 2.23. The molecule has 3 rings (SSSR count). The minimum atomic E-state index is -0.559. The number of nitrogens with zero attached hydrogens (tertiary/aromatic N) is 5. The van der Waals surface area contributed by atoms with Crippen LogP contribution in [-0.2, 0) is 11.3 Å². The fourth-order valence-electron chi connectivity index (χ4n) is 3.27. The second-order valence-electron chi connectivity index (χ2n) is 6.55. The van der Waals surface area contributed by atoms with E-state index in [1.807, 2.05) is 13.0 Å². The summed E-state index contributed by atoms with van der Waals surface area (Å²) in [6.45, 7) is 4.73. The molecular weight excluding hydrogens is 353 g/mol. The summed E-state index contributed by atoms with van der Waals surface area (Å²) >= 11 is 0. The van der Waals surface area contributed by atoms with Gasteiger partial charge >= 0.3 is 5.69 Å². The fourth-order valence-corrected chi connectivity index (χ4v) is 3.27. The Morgan fingerprint density at radius 2 is 2.00 bits per heavy atom. The van der Waals surface area contributed by atoms with E-state index in [9.17, 15) is 19.3 Å². The number of rotatable bonds is 6. The molecule has 0 saturated carbocycles. The third kappa shape index (κ3) is 4.30. The van der Waals surface area contributed by atoms with E-state index < -0.39 is 11.0 Å².